The molecule has 0 aliphatic carbocycles. The molecule has 3 aromatic carbocycles. The third kappa shape index (κ3) is 4.06. The smallest absolute Gasteiger partial charge is 0.262 e. The number of hydrogen-bond acceptors (Lipinski definition) is 5. The Hall–Kier alpha value is -3.80. The molecule has 2 N–H and O–H groups in total. The molecule has 0 bridgehead atoms. The third-order valence-corrected chi connectivity index (χ3v) is 4.45. The van der Waals surface area contributed by atoms with E-state index in [1.54, 1.807) is 24.3 Å². The molecule has 1 aromatic heterocycles. The molecule has 0 saturated carbocycles. The van der Waals surface area contributed by atoms with Gasteiger partial charge in [-0.2, -0.15) is 0 Å². The first-order chi connectivity index (χ1) is 14.0. The highest BCUT2D eigenvalue weighted by atomic mass is 16.5. The van der Waals surface area contributed by atoms with Gasteiger partial charge in [-0.3, -0.25) is 4.79 Å². The van der Waals surface area contributed by atoms with Crippen LogP contribution in [0.3, 0.4) is 0 Å². The number of anilines is 1. The maximum absolute atomic E-state index is 12.1. The average molecular weight is 388 g/mol. The molecule has 4 aromatic rings. The number of ether oxygens (including phenoxy) is 1. The molecule has 0 unspecified atom stereocenters. The van der Waals surface area contributed by atoms with Crippen molar-refractivity contribution in [3.8, 4) is 23.0 Å². The molecular formula is C23H20N2O4. The minimum atomic E-state index is -0.325. The molecule has 6 heteroatoms. The number of carbonyl (C=O) groups is 1. The minimum absolute atomic E-state index is 0.0345. The zero-order chi connectivity index (χ0) is 20.4. The van der Waals surface area contributed by atoms with Gasteiger partial charge in [0.25, 0.3) is 5.91 Å². The lowest BCUT2D eigenvalue weighted by molar-refractivity contribution is -0.118. The lowest BCUT2D eigenvalue weighted by Gasteiger charge is -2.08. The predicted molar refractivity (Wildman–Crippen MR) is 111 cm³/mol. The van der Waals surface area contributed by atoms with Gasteiger partial charge in [0.1, 0.15) is 17.0 Å². The van der Waals surface area contributed by atoms with Crippen molar-refractivity contribution in [3.05, 3.63) is 71.8 Å². The summed E-state index contributed by atoms with van der Waals surface area (Å²) in [7, 11) is 0. The summed E-state index contributed by atoms with van der Waals surface area (Å²) in [5.74, 6) is 0.584. The molecule has 1 amide bonds. The Balaban J connectivity index is 1.49. The van der Waals surface area contributed by atoms with E-state index in [9.17, 15) is 9.90 Å². The average Bonchev–Trinajstić information content (AvgIpc) is 3.11. The Morgan fingerprint density at radius 2 is 1.90 bits per heavy atom. The summed E-state index contributed by atoms with van der Waals surface area (Å²) in [6, 6.07) is 17.9. The minimum Gasteiger partial charge on any atom is -0.507 e. The monoisotopic (exact) mass is 388 g/mol. The van der Waals surface area contributed by atoms with E-state index < -0.39 is 0 Å². The fourth-order valence-corrected chi connectivity index (χ4v) is 3.14. The summed E-state index contributed by atoms with van der Waals surface area (Å²) in [6.07, 6.45) is 0. The summed E-state index contributed by atoms with van der Waals surface area (Å²) in [4.78, 5) is 16.6. The van der Waals surface area contributed by atoms with Crippen molar-refractivity contribution < 1.29 is 19.1 Å². The van der Waals surface area contributed by atoms with E-state index in [-0.39, 0.29) is 18.3 Å². The van der Waals surface area contributed by atoms with Crippen LogP contribution in [-0.4, -0.2) is 22.6 Å². The second kappa shape index (κ2) is 7.67. The number of benzene rings is 3. The largest absolute Gasteiger partial charge is 0.507 e. The Morgan fingerprint density at radius 1 is 1.10 bits per heavy atom. The van der Waals surface area contributed by atoms with Crippen molar-refractivity contribution in [1.82, 2.24) is 4.98 Å². The number of phenolic OH excluding ortho intramolecular Hbond substituents is 1. The van der Waals surface area contributed by atoms with Crippen molar-refractivity contribution >= 4 is 22.7 Å². The van der Waals surface area contributed by atoms with E-state index in [0.717, 1.165) is 16.6 Å². The van der Waals surface area contributed by atoms with Crippen LogP contribution in [0.2, 0.25) is 0 Å². The molecular weight excluding hydrogens is 368 g/mol. The van der Waals surface area contributed by atoms with Gasteiger partial charge in [-0.15, -0.1) is 0 Å². The van der Waals surface area contributed by atoms with Crippen LogP contribution in [0.1, 0.15) is 11.1 Å². The van der Waals surface area contributed by atoms with Crippen molar-refractivity contribution in [2.24, 2.45) is 0 Å². The van der Waals surface area contributed by atoms with E-state index in [2.05, 4.69) is 10.3 Å². The fraction of sp³-hybridized carbons (Fsp3) is 0.130. The first kappa shape index (κ1) is 18.6. The third-order valence-electron chi connectivity index (χ3n) is 4.45. The van der Waals surface area contributed by atoms with Gasteiger partial charge >= 0.3 is 0 Å². The Labute approximate surface area is 167 Å². The summed E-state index contributed by atoms with van der Waals surface area (Å²) in [5.41, 5.74) is 4.43. The second-order valence-electron chi connectivity index (χ2n) is 6.83. The van der Waals surface area contributed by atoms with Gasteiger partial charge in [0.15, 0.2) is 12.2 Å². The Bertz CT molecular complexity index is 1180. The summed E-state index contributed by atoms with van der Waals surface area (Å²) < 4.78 is 11.3. The van der Waals surface area contributed by atoms with Crippen LogP contribution in [0.25, 0.3) is 22.6 Å². The highest BCUT2D eigenvalue weighted by Crippen LogP contribution is 2.34. The van der Waals surface area contributed by atoms with Crippen LogP contribution in [0, 0.1) is 13.8 Å². The molecule has 0 aliphatic rings. The van der Waals surface area contributed by atoms with E-state index in [0.29, 0.717) is 28.5 Å². The van der Waals surface area contributed by atoms with Crippen molar-refractivity contribution in [1.29, 1.82) is 0 Å². The van der Waals surface area contributed by atoms with Gasteiger partial charge in [0, 0.05) is 11.8 Å². The highest BCUT2D eigenvalue weighted by molar-refractivity contribution is 5.92. The maximum Gasteiger partial charge on any atom is 0.262 e. The van der Waals surface area contributed by atoms with E-state index in [1.807, 2.05) is 44.2 Å². The number of carbonyl (C=O) groups excluding carboxylic acids is 1. The topological polar surface area (TPSA) is 84.6 Å². The number of phenols is 1. The number of hydrogen-bond donors (Lipinski definition) is 2. The summed E-state index contributed by atoms with van der Waals surface area (Å²) in [6.45, 7) is 3.83. The fourth-order valence-electron chi connectivity index (χ4n) is 3.14. The van der Waals surface area contributed by atoms with Crippen molar-refractivity contribution in [3.63, 3.8) is 0 Å². The predicted octanol–water partition coefficient (Wildman–Crippen LogP) is 4.83. The molecule has 6 nitrogen and oxygen atoms in total. The second-order valence-corrected chi connectivity index (χ2v) is 6.83. The first-order valence-corrected chi connectivity index (χ1v) is 9.18. The first-order valence-electron chi connectivity index (χ1n) is 9.18. The maximum atomic E-state index is 12.1. The molecule has 29 heavy (non-hydrogen) atoms. The lowest BCUT2D eigenvalue weighted by atomic mass is 10.1. The van der Waals surface area contributed by atoms with Gasteiger partial charge < -0.3 is 19.6 Å². The highest BCUT2D eigenvalue weighted by Gasteiger charge is 2.15. The van der Waals surface area contributed by atoms with Crippen LogP contribution in [-0.2, 0) is 4.79 Å². The molecule has 0 atom stereocenters. The normalized spacial score (nSPS) is 10.8. The number of aromatic nitrogens is 1. The number of aryl methyl sites for hydroxylation is 2. The molecule has 0 aliphatic heterocycles. The number of nitrogens with one attached hydrogen (secondary N) is 1. The van der Waals surface area contributed by atoms with Crippen LogP contribution < -0.4 is 10.1 Å². The molecule has 0 radical (unpaired) electrons. The molecule has 0 spiro atoms. The van der Waals surface area contributed by atoms with Crippen molar-refractivity contribution in [2.45, 2.75) is 13.8 Å². The van der Waals surface area contributed by atoms with Crippen LogP contribution in [0.4, 0.5) is 5.69 Å². The number of fused-ring (bicyclic) bond motifs is 1. The molecule has 146 valence electrons. The zero-order valence-electron chi connectivity index (χ0n) is 16.1. The number of oxazole rings is 1. The summed E-state index contributed by atoms with van der Waals surface area (Å²) in [5, 5.41) is 13.1. The lowest BCUT2D eigenvalue weighted by Crippen LogP contribution is -2.20. The zero-order valence-corrected chi connectivity index (χ0v) is 16.1. The van der Waals surface area contributed by atoms with Crippen LogP contribution >= 0.6 is 0 Å². The van der Waals surface area contributed by atoms with Crippen LogP contribution in [0.15, 0.2) is 65.1 Å². The van der Waals surface area contributed by atoms with Gasteiger partial charge in [-0.25, -0.2) is 4.98 Å². The van der Waals surface area contributed by atoms with E-state index in [4.69, 9.17) is 9.15 Å². The number of aromatic hydroxyl groups is 1. The van der Waals surface area contributed by atoms with Crippen LogP contribution in [0.5, 0.6) is 11.5 Å². The summed E-state index contributed by atoms with van der Waals surface area (Å²) >= 11 is 0. The molecule has 0 saturated heterocycles. The number of rotatable bonds is 5. The van der Waals surface area contributed by atoms with Gasteiger partial charge in [-0.1, -0.05) is 24.3 Å². The number of para-hydroxylation sites is 1. The van der Waals surface area contributed by atoms with E-state index in [1.165, 1.54) is 6.07 Å². The molecule has 1 heterocycles. The van der Waals surface area contributed by atoms with E-state index >= 15 is 0 Å². The standard InChI is InChI=1S/C23H20N2O4/c1-14-10-15(2)22-19(11-14)25-23(29-22)18-9-8-16(12-20(18)26)24-21(27)13-28-17-6-4-3-5-7-17/h3-12,26H,13H2,1-2H3,(H,24,27). The molecule has 4 rings (SSSR count). The Morgan fingerprint density at radius 3 is 2.66 bits per heavy atom. The SMILES string of the molecule is Cc1cc(C)c2oc(-c3ccc(NC(=O)COc4ccccc4)cc3O)nc2c1. The molecule has 0 fully saturated rings. The van der Waals surface area contributed by atoms with Gasteiger partial charge in [-0.05, 0) is 55.3 Å². The quantitative estimate of drug-likeness (QED) is 0.511. The number of nitrogens with zero attached hydrogens (tertiary/aromatic N) is 1. The number of amides is 1. The Kier molecular flexibility index (Phi) is 4.91. The van der Waals surface area contributed by atoms with Gasteiger partial charge in [0.05, 0.1) is 5.56 Å². The van der Waals surface area contributed by atoms with Crippen molar-refractivity contribution in [2.75, 3.05) is 11.9 Å². The van der Waals surface area contributed by atoms with Gasteiger partial charge in [0.2, 0.25) is 5.89 Å².